The van der Waals surface area contributed by atoms with Gasteiger partial charge in [-0.15, -0.1) is 0 Å². The van der Waals surface area contributed by atoms with Crippen molar-refractivity contribution >= 4 is 10.0 Å². The molecule has 0 unspecified atom stereocenters. The van der Waals surface area contributed by atoms with E-state index in [2.05, 4.69) is 0 Å². The van der Waals surface area contributed by atoms with Gasteiger partial charge in [-0.1, -0.05) is 0 Å². The number of rotatable bonds is 2. The Morgan fingerprint density at radius 3 is 2.67 bits per heavy atom. The first kappa shape index (κ1) is 14.6. The third kappa shape index (κ3) is 2.86. The highest BCUT2D eigenvalue weighted by atomic mass is 32.2. The fourth-order valence-corrected chi connectivity index (χ4v) is 4.12. The third-order valence-corrected chi connectivity index (χ3v) is 5.64. The molecule has 7 heteroatoms. The van der Waals surface area contributed by atoms with Crippen molar-refractivity contribution in [1.29, 1.82) is 0 Å². The summed E-state index contributed by atoms with van der Waals surface area (Å²) in [6.45, 7) is 4.18. The maximum Gasteiger partial charge on any atom is 0.243 e. The molecule has 0 aliphatic carbocycles. The fraction of sp³-hybridized carbons (Fsp3) is 0.571. The van der Waals surface area contributed by atoms with E-state index in [1.807, 2.05) is 6.92 Å². The van der Waals surface area contributed by atoms with Crippen LogP contribution in [0.4, 0.5) is 0 Å². The van der Waals surface area contributed by atoms with Gasteiger partial charge in [-0.3, -0.25) is 0 Å². The number of sulfonamides is 1. The van der Waals surface area contributed by atoms with Gasteiger partial charge in [0.2, 0.25) is 10.0 Å². The Bertz CT molecular complexity index is 616. The van der Waals surface area contributed by atoms with Gasteiger partial charge in [-0.05, 0) is 19.1 Å². The molecule has 1 aromatic rings. The summed E-state index contributed by atoms with van der Waals surface area (Å²) in [6, 6.07) is 4.63. The molecule has 3 rings (SSSR count). The molecular formula is C14H19NO5S. The summed E-state index contributed by atoms with van der Waals surface area (Å²) in [5, 5.41) is 0. The predicted octanol–water partition coefficient (Wildman–Crippen LogP) is 1.26. The molecule has 1 aromatic carbocycles. The van der Waals surface area contributed by atoms with E-state index in [1.165, 1.54) is 4.31 Å². The topological polar surface area (TPSA) is 65.1 Å². The van der Waals surface area contributed by atoms with Crippen LogP contribution in [-0.4, -0.2) is 51.7 Å². The zero-order valence-electron chi connectivity index (χ0n) is 11.9. The van der Waals surface area contributed by atoms with Crippen LogP contribution in [0.1, 0.15) is 13.3 Å². The zero-order chi connectivity index (χ0) is 14.9. The summed E-state index contributed by atoms with van der Waals surface area (Å²) in [4.78, 5) is 0.237. The molecule has 0 radical (unpaired) electrons. The summed E-state index contributed by atoms with van der Waals surface area (Å²) in [7, 11) is -3.54. The summed E-state index contributed by atoms with van der Waals surface area (Å²) in [6.07, 6.45) is 0.789. The van der Waals surface area contributed by atoms with E-state index in [0.29, 0.717) is 44.5 Å². The van der Waals surface area contributed by atoms with Crippen molar-refractivity contribution in [3.63, 3.8) is 0 Å². The van der Waals surface area contributed by atoms with Gasteiger partial charge in [0.15, 0.2) is 11.5 Å². The first-order chi connectivity index (χ1) is 10.1. The normalized spacial score (nSPS) is 23.6. The van der Waals surface area contributed by atoms with E-state index in [-0.39, 0.29) is 10.9 Å². The molecule has 1 saturated heterocycles. The van der Waals surface area contributed by atoms with Crippen molar-refractivity contribution in [1.82, 2.24) is 4.31 Å². The smallest absolute Gasteiger partial charge is 0.243 e. The SMILES string of the molecule is C[C@H]1COCCN1S(=O)(=O)c1ccc2c(c1)OCCCO2. The van der Waals surface area contributed by atoms with E-state index >= 15 is 0 Å². The lowest BCUT2D eigenvalue weighted by Crippen LogP contribution is -2.46. The number of benzene rings is 1. The van der Waals surface area contributed by atoms with Crippen molar-refractivity contribution in [2.24, 2.45) is 0 Å². The van der Waals surface area contributed by atoms with Gasteiger partial charge in [0.25, 0.3) is 0 Å². The lowest BCUT2D eigenvalue weighted by atomic mass is 10.3. The Morgan fingerprint density at radius 1 is 1.14 bits per heavy atom. The molecular weight excluding hydrogens is 294 g/mol. The van der Waals surface area contributed by atoms with Crippen LogP contribution in [0.3, 0.4) is 0 Å². The first-order valence-electron chi connectivity index (χ1n) is 7.08. The van der Waals surface area contributed by atoms with Crippen LogP contribution < -0.4 is 9.47 Å². The highest BCUT2D eigenvalue weighted by Crippen LogP contribution is 2.33. The largest absolute Gasteiger partial charge is 0.490 e. The number of morpholine rings is 1. The van der Waals surface area contributed by atoms with Crippen molar-refractivity contribution in [3.05, 3.63) is 18.2 Å². The van der Waals surface area contributed by atoms with Gasteiger partial charge in [0, 0.05) is 25.1 Å². The molecule has 116 valence electrons. The molecule has 0 N–H and O–H groups in total. The summed E-state index contributed by atoms with van der Waals surface area (Å²) >= 11 is 0. The number of fused-ring (bicyclic) bond motifs is 1. The summed E-state index contributed by atoms with van der Waals surface area (Å²) < 4.78 is 43.4. The van der Waals surface area contributed by atoms with Gasteiger partial charge in [-0.2, -0.15) is 4.31 Å². The van der Waals surface area contributed by atoms with Gasteiger partial charge < -0.3 is 14.2 Å². The summed E-state index contributed by atoms with van der Waals surface area (Å²) in [5.74, 6) is 1.09. The number of nitrogens with zero attached hydrogens (tertiary/aromatic N) is 1. The average Bonchev–Trinajstić information content (AvgIpc) is 2.72. The minimum Gasteiger partial charge on any atom is -0.490 e. The predicted molar refractivity (Wildman–Crippen MR) is 76.2 cm³/mol. The Morgan fingerprint density at radius 2 is 1.90 bits per heavy atom. The monoisotopic (exact) mass is 313 g/mol. The van der Waals surface area contributed by atoms with Crippen LogP contribution in [-0.2, 0) is 14.8 Å². The van der Waals surface area contributed by atoms with Crippen LogP contribution in [0.25, 0.3) is 0 Å². The Kier molecular flexibility index (Phi) is 4.05. The number of hydrogen-bond acceptors (Lipinski definition) is 5. The van der Waals surface area contributed by atoms with Crippen molar-refractivity contribution in [3.8, 4) is 11.5 Å². The molecule has 21 heavy (non-hydrogen) atoms. The Balaban J connectivity index is 1.93. The lowest BCUT2D eigenvalue weighted by molar-refractivity contribution is 0.0392. The maximum atomic E-state index is 12.7. The highest BCUT2D eigenvalue weighted by molar-refractivity contribution is 7.89. The molecule has 0 bridgehead atoms. The minimum atomic E-state index is -3.54. The highest BCUT2D eigenvalue weighted by Gasteiger charge is 2.32. The van der Waals surface area contributed by atoms with Crippen LogP contribution in [0, 0.1) is 0 Å². The van der Waals surface area contributed by atoms with Crippen molar-refractivity contribution < 1.29 is 22.6 Å². The molecule has 0 amide bonds. The van der Waals surface area contributed by atoms with E-state index < -0.39 is 10.0 Å². The van der Waals surface area contributed by atoms with E-state index in [1.54, 1.807) is 18.2 Å². The average molecular weight is 313 g/mol. The zero-order valence-corrected chi connectivity index (χ0v) is 12.8. The fourth-order valence-electron chi connectivity index (χ4n) is 2.51. The third-order valence-electron chi connectivity index (χ3n) is 3.63. The van der Waals surface area contributed by atoms with Gasteiger partial charge >= 0.3 is 0 Å². The van der Waals surface area contributed by atoms with Crippen molar-refractivity contribution in [2.45, 2.75) is 24.3 Å². The van der Waals surface area contributed by atoms with Gasteiger partial charge in [-0.25, -0.2) is 8.42 Å². The van der Waals surface area contributed by atoms with Gasteiger partial charge in [0.1, 0.15) is 0 Å². The van der Waals surface area contributed by atoms with E-state index in [9.17, 15) is 8.42 Å². The van der Waals surface area contributed by atoms with Crippen LogP contribution in [0.2, 0.25) is 0 Å². The van der Waals surface area contributed by atoms with Crippen molar-refractivity contribution in [2.75, 3.05) is 33.0 Å². The molecule has 0 spiro atoms. The standard InChI is InChI=1S/C14H19NO5S/c1-11-10-18-8-5-15(11)21(16,17)12-3-4-13-14(9-12)20-7-2-6-19-13/h3-4,9,11H,2,5-8,10H2,1H3/t11-/m0/s1. The van der Waals surface area contributed by atoms with Crippen LogP contribution in [0.15, 0.2) is 23.1 Å². The maximum absolute atomic E-state index is 12.7. The molecule has 6 nitrogen and oxygen atoms in total. The number of ether oxygens (including phenoxy) is 3. The van der Waals surface area contributed by atoms with Crippen LogP contribution in [0.5, 0.6) is 11.5 Å². The molecule has 1 fully saturated rings. The second-order valence-corrected chi connectivity index (χ2v) is 7.09. The Labute approximate surface area is 124 Å². The quantitative estimate of drug-likeness (QED) is 0.822. The molecule has 2 aliphatic rings. The van der Waals surface area contributed by atoms with E-state index in [0.717, 1.165) is 6.42 Å². The molecule has 0 aromatic heterocycles. The second-order valence-electron chi connectivity index (χ2n) is 5.20. The second kappa shape index (κ2) is 5.82. The molecule has 2 aliphatic heterocycles. The summed E-state index contributed by atoms with van der Waals surface area (Å²) in [5.41, 5.74) is 0. The molecule has 2 heterocycles. The lowest BCUT2D eigenvalue weighted by Gasteiger charge is -2.32. The van der Waals surface area contributed by atoms with Crippen LogP contribution >= 0.6 is 0 Å². The Hall–Kier alpha value is -1.31. The minimum absolute atomic E-state index is 0.167. The first-order valence-corrected chi connectivity index (χ1v) is 8.52. The van der Waals surface area contributed by atoms with E-state index in [4.69, 9.17) is 14.2 Å². The number of hydrogen-bond donors (Lipinski definition) is 0. The van der Waals surface area contributed by atoms with Gasteiger partial charge in [0.05, 0.1) is 31.3 Å². The molecule has 0 saturated carbocycles. The molecule has 1 atom stereocenters.